The third kappa shape index (κ3) is 3.55. The Morgan fingerprint density at radius 1 is 1.41 bits per heavy atom. The smallest absolute Gasteiger partial charge is 0.0704 e. The van der Waals surface area contributed by atoms with Gasteiger partial charge in [-0.2, -0.15) is 0 Å². The number of nitrogens with one attached hydrogen (secondary N) is 1. The molecule has 0 bridgehead atoms. The third-order valence-electron chi connectivity index (χ3n) is 3.94. The van der Waals surface area contributed by atoms with E-state index in [-0.39, 0.29) is 0 Å². The quantitative estimate of drug-likeness (QED) is 0.819. The summed E-state index contributed by atoms with van der Waals surface area (Å²) < 4.78 is 1.26. The first-order valence-electron chi connectivity index (χ1n) is 6.63. The first-order chi connectivity index (χ1) is 8.20. The summed E-state index contributed by atoms with van der Waals surface area (Å²) in [5.41, 5.74) is 1.50. The Kier molecular flexibility index (Phi) is 5.07. The van der Waals surface area contributed by atoms with Gasteiger partial charge in [0.15, 0.2) is 0 Å². The number of hydrogen-bond acceptors (Lipinski definition) is 2. The van der Waals surface area contributed by atoms with Crippen molar-refractivity contribution in [2.45, 2.75) is 51.5 Å². The van der Waals surface area contributed by atoms with Crippen molar-refractivity contribution < 1.29 is 0 Å². The molecule has 1 saturated carbocycles. The Balaban J connectivity index is 2.02. The van der Waals surface area contributed by atoms with E-state index >= 15 is 0 Å². The molecule has 1 N–H and O–H groups in total. The highest BCUT2D eigenvalue weighted by atomic mass is 79.9. The highest BCUT2D eigenvalue weighted by Gasteiger charge is 2.21. The van der Waals surface area contributed by atoms with Gasteiger partial charge in [-0.15, -0.1) is 11.3 Å². The zero-order valence-electron chi connectivity index (χ0n) is 10.8. The van der Waals surface area contributed by atoms with Gasteiger partial charge in [0, 0.05) is 10.9 Å². The van der Waals surface area contributed by atoms with E-state index in [4.69, 9.17) is 0 Å². The first kappa shape index (κ1) is 13.6. The average Bonchev–Trinajstić information content (AvgIpc) is 2.67. The van der Waals surface area contributed by atoms with Crippen LogP contribution < -0.4 is 5.32 Å². The molecule has 17 heavy (non-hydrogen) atoms. The molecule has 0 spiro atoms. The summed E-state index contributed by atoms with van der Waals surface area (Å²) in [5.74, 6) is 0.930. The van der Waals surface area contributed by atoms with Gasteiger partial charge in [-0.05, 0) is 53.9 Å². The Morgan fingerprint density at radius 2 is 2.12 bits per heavy atom. The monoisotopic (exact) mass is 315 g/mol. The van der Waals surface area contributed by atoms with Gasteiger partial charge in [0.25, 0.3) is 0 Å². The lowest BCUT2D eigenvalue weighted by Crippen LogP contribution is -2.21. The van der Waals surface area contributed by atoms with Crippen molar-refractivity contribution in [3.8, 4) is 0 Å². The maximum absolute atomic E-state index is 3.60. The molecule has 1 unspecified atom stereocenters. The Hall–Kier alpha value is 0.140. The molecule has 0 amide bonds. The van der Waals surface area contributed by atoms with Crippen LogP contribution in [0.4, 0.5) is 0 Å². The minimum absolute atomic E-state index is 0.542. The lowest BCUT2D eigenvalue weighted by Gasteiger charge is -2.26. The lowest BCUT2D eigenvalue weighted by atomic mass is 9.83. The average molecular weight is 316 g/mol. The fourth-order valence-corrected chi connectivity index (χ4v) is 4.73. The van der Waals surface area contributed by atoms with Crippen molar-refractivity contribution in [2.24, 2.45) is 5.92 Å². The van der Waals surface area contributed by atoms with Gasteiger partial charge in [0.1, 0.15) is 0 Å². The highest BCUT2D eigenvalue weighted by Crippen LogP contribution is 2.36. The van der Waals surface area contributed by atoms with E-state index in [0.29, 0.717) is 6.04 Å². The van der Waals surface area contributed by atoms with Gasteiger partial charge in [-0.25, -0.2) is 0 Å². The molecular weight excluding hydrogens is 294 g/mol. The number of aryl methyl sites for hydroxylation is 1. The Labute approximate surface area is 117 Å². The second-order valence-electron chi connectivity index (χ2n) is 5.14. The fourth-order valence-electron chi connectivity index (χ4n) is 2.96. The van der Waals surface area contributed by atoms with Crippen molar-refractivity contribution in [1.29, 1.82) is 0 Å². The number of hydrogen-bond donors (Lipinski definition) is 1. The number of rotatable bonds is 4. The summed E-state index contributed by atoms with van der Waals surface area (Å²) in [4.78, 5) is 1.45. The standard InChI is InChI=1S/C14H22BrNS/c1-10-12(9-14(15)17-10)13(16-2)8-11-6-4-3-5-7-11/h9,11,13,16H,3-8H2,1-2H3. The normalized spacial score (nSPS) is 19.5. The third-order valence-corrected chi connectivity index (χ3v) is 5.51. The summed E-state index contributed by atoms with van der Waals surface area (Å²) in [6.45, 7) is 2.23. The predicted octanol–water partition coefficient (Wildman–Crippen LogP) is 5.05. The van der Waals surface area contributed by atoms with Gasteiger partial charge in [0.05, 0.1) is 3.79 Å². The molecule has 0 aliphatic heterocycles. The van der Waals surface area contributed by atoms with Crippen molar-refractivity contribution in [1.82, 2.24) is 5.32 Å². The minimum Gasteiger partial charge on any atom is -0.313 e. The van der Waals surface area contributed by atoms with E-state index in [1.807, 2.05) is 11.3 Å². The van der Waals surface area contributed by atoms with Crippen LogP contribution in [0.25, 0.3) is 0 Å². The van der Waals surface area contributed by atoms with E-state index < -0.39 is 0 Å². The number of thiophene rings is 1. The van der Waals surface area contributed by atoms with E-state index in [2.05, 4.69) is 41.3 Å². The summed E-state index contributed by atoms with van der Waals surface area (Å²) in [7, 11) is 2.10. The summed E-state index contributed by atoms with van der Waals surface area (Å²) >= 11 is 5.45. The van der Waals surface area contributed by atoms with Gasteiger partial charge in [0.2, 0.25) is 0 Å². The van der Waals surface area contributed by atoms with Gasteiger partial charge >= 0.3 is 0 Å². The summed E-state index contributed by atoms with van der Waals surface area (Å²) in [6.07, 6.45) is 8.50. The van der Waals surface area contributed by atoms with E-state index in [0.717, 1.165) is 5.92 Å². The second kappa shape index (κ2) is 6.35. The lowest BCUT2D eigenvalue weighted by molar-refractivity contribution is 0.305. The molecule has 3 heteroatoms. The maximum Gasteiger partial charge on any atom is 0.0704 e. The molecule has 1 heterocycles. The van der Waals surface area contributed by atoms with Gasteiger partial charge in [-0.3, -0.25) is 0 Å². The molecule has 1 aliphatic rings. The van der Waals surface area contributed by atoms with Crippen molar-refractivity contribution >= 4 is 27.3 Å². The molecule has 0 aromatic carbocycles. The van der Waals surface area contributed by atoms with E-state index in [1.54, 1.807) is 0 Å². The molecule has 1 aromatic rings. The Bertz CT molecular complexity index is 355. The first-order valence-corrected chi connectivity index (χ1v) is 8.24. The molecule has 2 rings (SSSR count). The van der Waals surface area contributed by atoms with Crippen molar-refractivity contribution in [2.75, 3.05) is 7.05 Å². The van der Waals surface area contributed by atoms with Crippen LogP contribution in [0.2, 0.25) is 0 Å². The number of halogens is 1. The van der Waals surface area contributed by atoms with Crippen molar-refractivity contribution in [3.63, 3.8) is 0 Å². The van der Waals surface area contributed by atoms with Crippen LogP contribution in [-0.4, -0.2) is 7.05 Å². The second-order valence-corrected chi connectivity index (χ2v) is 7.78. The van der Waals surface area contributed by atoms with Crippen LogP contribution in [-0.2, 0) is 0 Å². The highest BCUT2D eigenvalue weighted by molar-refractivity contribution is 9.11. The van der Waals surface area contributed by atoms with Crippen molar-refractivity contribution in [3.05, 3.63) is 20.3 Å². The SMILES string of the molecule is CNC(CC1CCCCC1)c1cc(Br)sc1C. The van der Waals surface area contributed by atoms with Gasteiger partial charge < -0.3 is 5.32 Å². The molecule has 1 aromatic heterocycles. The zero-order valence-corrected chi connectivity index (χ0v) is 13.2. The minimum atomic E-state index is 0.542. The molecule has 1 aliphatic carbocycles. The predicted molar refractivity (Wildman–Crippen MR) is 79.7 cm³/mol. The maximum atomic E-state index is 3.60. The van der Waals surface area contributed by atoms with Crippen LogP contribution in [0.5, 0.6) is 0 Å². The van der Waals surface area contributed by atoms with Crippen LogP contribution in [0.3, 0.4) is 0 Å². The summed E-state index contributed by atoms with van der Waals surface area (Å²) in [5, 5.41) is 3.51. The fraction of sp³-hybridized carbons (Fsp3) is 0.714. The molecule has 0 radical (unpaired) electrons. The molecule has 0 saturated heterocycles. The van der Waals surface area contributed by atoms with Crippen LogP contribution in [0.15, 0.2) is 9.85 Å². The van der Waals surface area contributed by atoms with E-state index in [1.165, 1.54) is 52.8 Å². The van der Waals surface area contributed by atoms with Crippen LogP contribution in [0, 0.1) is 12.8 Å². The molecule has 1 atom stereocenters. The molecular formula is C14H22BrNS. The molecule has 96 valence electrons. The van der Waals surface area contributed by atoms with Crippen LogP contribution in [0.1, 0.15) is 55.0 Å². The largest absolute Gasteiger partial charge is 0.313 e. The van der Waals surface area contributed by atoms with E-state index in [9.17, 15) is 0 Å². The molecule has 1 fully saturated rings. The van der Waals surface area contributed by atoms with Crippen LogP contribution >= 0.6 is 27.3 Å². The Morgan fingerprint density at radius 3 is 2.65 bits per heavy atom. The van der Waals surface area contributed by atoms with Gasteiger partial charge in [-0.1, -0.05) is 32.1 Å². The zero-order chi connectivity index (χ0) is 12.3. The topological polar surface area (TPSA) is 12.0 Å². The summed E-state index contributed by atoms with van der Waals surface area (Å²) in [6, 6.07) is 2.84. The molecule has 1 nitrogen and oxygen atoms in total.